The Morgan fingerprint density at radius 3 is 2.58 bits per heavy atom. The highest BCUT2D eigenvalue weighted by atomic mass is 32.2. The summed E-state index contributed by atoms with van der Waals surface area (Å²) in [5.74, 6) is 1.30. The van der Waals surface area contributed by atoms with Gasteiger partial charge in [-0.05, 0) is 37.1 Å². The third-order valence-corrected chi connectivity index (χ3v) is 8.48. The summed E-state index contributed by atoms with van der Waals surface area (Å²) in [6, 6.07) is 5.93. The molecule has 2 aromatic rings. The number of carbonyl (C=O) groups is 2. The van der Waals surface area contributed by atoms with Gasteiger partial charge in [-0.3, -0.25) is 9.59 Å². The van der Waals surface area contributed by atoms with E-state index >= 15 is 0 Å². The molecule has 0 spiro atoms. The van der Waals surface area contributed by atoms with Gasteiger partial charge in [0, 0.05) is 49.4 Å². The average molecular weight is 494 g/mol. The van der Waals surface area contributed by atoms with Crippen LogP contribution in [0.25, 0.3) is 0 Å². The molecule has 1 saturated heterocycles. The summed E-state index contributed by atoms with van der Waals surface area (Å²) in [4.78, 5) is 25.4. The predicted octanol–water partition coefficient (Wildman–Crippen LogP) is 1.43. The number of ether oxygens (including phenoxy) is 1. The SMILES string of the molecule is COCCNC(=O)Cn1nc2c(c1NC(=O)c1ccc(S(=O)(=O)N3CCCC3)cc1)CSC2. The first-order valence-corrected chi connectivity index (χ1v) is 13.3. The van der Waals surface area contributed by atoms with E-state index < -0.39 is 10.0 Å². The van der Waals surface area contributed by atoms with Crippen molar-refractivity contribution in [2.24, 2.45) is 0 Å². The molecule has 0 unspecified atom stereocenters. The second kappa shape index (κ2) is 10.2. The Bertz CT molecular complexity index is 1120. The topological polar surface area (TPSA) is 123 Å². The number of nitrogens with one attached hydrogen (secondary N) is 2. The van der Waals surface area contributed by atoms with E-state index in [9.17, 15) is 18.0 Å². The van der Waals surface area contributed by atoms with Crippen molar-refractivity contribution in [3.63, 3.8) is 0 Å². The third-order valence-electron chi connectivity index (χ3n) is 5.59. The summed E-state index contributed by atoms with van der Waals surface area (Å²) in [7, 11) is -1.98. The molecule has 3 heterocycles. The molecule has 0 saturated carbocycles. The van der Waals surface area contributed by atoms with E-state index in [0.29, 0.717) is 43.4 Å². The monoisotopic (exact) mass is 493 g/mol. The van der Waals surface area contributed by atoms with Gasteiger partial charge in [0.15, 0.2) is 0 Å². The van der Waals surface area contributed by atoms with Crippen LogP contribution >= 0.6 is 11.8 Å². The van der Waals surface area contributed by atoms with E-state index in [2.05, 4.69) is 15.7 Å². The van der Waals surface area contributed by atoms with E-state index in [0.717, 1.165) is 29.9 Å². The van der Waals surface area contributed by atoms with Crippen LogP contribution < -0.4 is 10.6 Å². The van der Waals surface area contributed by atoms with Crippen molar-refractivity contribution in [2.45, 2.75) is 35.8 Å². The molecule has 10 nitrogen and oxygen atoms in total. The molecule has 178 valence electrons. The highest BCUT2D eigenvalue weighted by Crippen LogP contribution is 2.35. The fourth-order valence-corrected chi connectivity index (χ4v) is 6.39. The number of amides is 2. The largest absolute Gasteiger partial charge is 0.383 e. The molecular weight excluding hydrogens is 466 g/mol. The number of nitrogens with zero attached hydrogens (tertiary/aromatic N) is 3. The maximum Gasteiger partial charge on any atom is 0.256 e. The minimum atomic E-state index is -3.54. The summed E-state index contributed by atoms with van der Waals surface area (Å²) in [5, 5.41) is 10.1. The van der Waals surface area contributed by atoms with Crippen LogP contribution in [0.1, 0.15) is 34.5 Å². The lowest BCUT2D eigenvalue weighted by molar-refractivity contribution is -0.122. The van der Waals surface area contributed by atoms with Gasteiger partial charge in [-0.25, -0.2) is 13.1 Å². The molecule has 0 radical (unpaired) electrons. The van der Waals surface area contributed by atoms with E-state index in [-0.39, 0.29) is 23.3 Å². The number of benzene rings is 1. The van der Waals surface area contributed by atoms with Gasteiger partial charge in [0.05, 0.1) is 17.2 Å². The second-order valence-corrected chi connectivity index (χ2v) is 10.8. The number of fused-ring (bicyclic) bond motifs is 1. The van der Waals surface area contributed by atoms with Gasteiger partial charge in [0.2, 0.25) is 15.9 Å². The highest BCUT2D eigenvalue weighted by molar-refractivity contribution is 7.98. The van der Waals surface area contributed by atoms with Crippen LogP contribution in [0.15, 0.2) is 29.2 Å². The third kappa shape index (κ3) is 5.24. The molecule has 33 heavy (non-hydrogen) atoms. The van der Waals surface area contributed by atoms with Crippen molar-refractivity contribution >= 4 is 39.4 Å². The molecule has 0 aliphatic carbocycles. The van der Waals surface area contributed by atoms with E-state index in [1.807, 2.05) is 0 Å². The lowest BCUT2D eigenvalue weighted by atomic mass is 10.2. The number of hydrogen-bond donors (Lipinski definition) is 2. The fraction of sp³-hybridized carbons (Fsp3) is 0.476. The van der Waals surface area contributed by atoms with Gasteiger partial charge in [0.1, 0.15) is 12.4 Å². The Morgan fingerprint density at radius 2 is 1.88 bits per heavy atom. The van der Waals surface area contributed by atoms with Gasteiger partial charge in [-0.1, -0.05) is 0 Å². The van der Waals surface area contributed by atoms with Crippen molar-refractivity contribution < 1.29 is 22.7 Å². The Labute approximate surface area is 197 Å². The number of rotatable bonds is 9. The molecule has 12 heteroatoms. The van der Waals surface area contributed by atoms with Crippen molar-refractivity contribution in [1.82, 2.24) is 19.4 Å². The van der Waals surface area contributed by atoms with Gasteiger partial charge >= 0.3 is 0 Å². The zero-order valence-corrected chi connectivity index (χ0v) is 20.0. The maximum absolute atomic E-state index is 12.9. The average Bonchev–Trinajstić information content (AvgIpc) is 3.54. The number of anilines is 1. The molecule has 2 amide bonds. The molecule has 4 rings (SSSR count). The van der Waals surface area contributed by atoms with Gasteiger partial charge in [-0.15, -0.1) is 0 Å². The number of carbonyl (C=O) groups excluding carboxylic acids is 2. The quantitative estimate of drug-likeness (QED) is 0.507. The van der Waals surface area contributed by atoms with Crippen LogP contribution in [0.2, 0.25) is 0 Å². The zero-order chi connectivity index (χ0) is 23.4. The Hall–Kier alpha value is -2.41. The van der Waals surface area contributed by atoms with Crippen molar-refractivity contribution in [1.29, 1.82) is 0 Å². The molecular formula is C21H27N5O5S2. The van der Waals surface area contributed by atoms with Crippen LogP contribution in [-0.4, -0.2) is 67.7 Å². The standard InChI is InChI=1S/C21H27N5O5S2/c1-31-11-8-22-19(27)12-26-20(17-13-32-14-18(17)24-26)23-21(28)15-4-6-16(7-5-15)33(29,30)25-9-2-3-10-25/h4-7H,2-3,8-14H2,1H3,(H,22,27)(H,23,28). The first-order valence-electron chi connectivity index (χ1n) is 10.7. The van der Waals surface area contributed by atoms with Gasteiger partial charge in [0.25, 0.3) is 5.91 Å². The molecule has 2 aliphatic heterocycles. The Balaban J connectivity index is 1.48. The second-order valence-electron chi connectivity index (χ2n) is 7.86. The number of aromatic nitrogens is 2. The molecule has 0 bridgehead atoms. The minimum Gasteiger partial charge on any atom is -0.383 e. The summed E-state index contributed by atoms with van der Waals surface area (Å²) >= 11 is 1.69. The number of methoxy groups -OCH3 is 1. The van der Waals surface area contributed by atoms with Crippen LogP contribution in [-0.2, 0) is 37.6 Å². The van der Waals surface area contributed by atoms with Crippen LogP contribution in [0.4, 0.5) is 5.82 Å². The number of sulfonamides is 1. The summed E-state index contributed by atoms with van der Waals surface area (Å²) in [5.41, 5.74) is 2.09. The highest BCUT2D eigenvalue weighted by Gasteiger charge is 2.28. The first kappa shape index (κ1) is 23.7. The smallest absolute Gasteiger partial charge is 0.256 e. The van der Waals surface area contributed by atoms with Gasteiger partial charge in [-0.2, -0.15) is 21.2 Å². The van der Waals surface area contributed by atoms with Crippen LogP contribution in [0.3, 0.4) is 0 Å². The van der Waals surface area contributed by atoms with Crippen molar-refractivity contribution in [3.8, 4) is 0 Å². The molecule has 0 atom stereocenters. The van der Waals surface area contributed by atoms with Crippen LogP contribution in [0.5, 0.6) is 0 Å². The number of hydrogen-bond acceptors (Lipinski definition) is 7. The maximum atomic E-state index is 12.9. The first-order chi connectivity index (χ1) is 15.9. The molecule has 2 N–H and O–H groups in total. The molecule has 1 fully saturated rings. The van der Waals surface area contributed by atoms with E-state index in [1.54, 1.807) is 18.9 Å². The summed E-state index contributed by atoms with van der Waals surface area (Å²) in [6.45, 7) is 1.82. The fourth-order valence-electron chi connectivity index (χ4n) is 3.84. The zero-order valence-electron chi connectivity index (χ0n) is 18.4. The molecule has 2 aliphatic rings. The summed E-state index contributed by atoms with van der Waals surface area (Å²) < 4.78 is 33.3. The predicted molar refractivity (Wildman–Crippen MR) is 124 cm³/mol. The van der Waals surface area contributed by atoms with Gasteiger partial charge < -0.3 is 15.4 Å². The normalized spacial score (nSPS) is 16.0. The van der Waals surface area contributed by atoms with Crippen molar-refractivity contribution in [3.05, 3.63) is 41.1 Å². The summed E-state index contributed by atoms with van der Waals surface area (Å²) in [6.07, 6.45) is 1.72. The lowest BCUT2D eigenvalue weighted by Crippen LogP contribution is -2.31. The minimum absolute atomic E-state index is 0.0238. The van der Waals surface area contributed by atoms with Crippen LogP contribution in [0, 0.1) is 0 Å². The Kier molecular flexibility index (Phi) is 7.37. The number of thioether (sulfide) groups is 1. The van der Waals surface area contributed by atoms with E-state index in [1.165, 1.54) is 33.3 Å². The molecule has 1 aromatic carbocycles. The van der Waals surface area contributed by atoms with E-state index in [4.69, 9.17) is 4.74 Å². The van der Waals surface area contributed by atoms with Crippen molar-refractivity contribution in [2.75, 3.05) is 38.7 Å². The molecule has 1 aromatic heterocycles. The Morgan fingerprint density at radius 1 is 1.15 bits per heavy atom. The lowest BCUT2D eigenvalue weighted by Gasteiger charge is -2.15.